The van der Waals surface area contributed by atoms with E-state index in [4.69, 9.17) is 17.3 Å². The van der Waals surface area contributed by atoms with Gasteiger partial charge >= 0.3 is 18.1 Å². The van der Waals surface area contributed by atoms with Crippen molar-refractivity contribution in [3.05, 3.63) is 34.3 Å². The minimum atomic E-state index is -4.78. The third-order valence-electron chi connectivity index (χ3n) is 2.54. The molecule has 9 heteroatoms. The zero-order chi connectivity index (χ0) is 16.4. The van der Waals surface area contributed by atoms with Crippen LogP contribution in [0.5, 0.6) is 0 Å². The van der Waals surface area contributed by atoms with Gasteiger partial charge in [-0.2, -0.15) is 22.0 Å². The van der Waals surface area contributed by atoms with Crippen molar-refractivity contribution in [2.24, 2.45) is 5.73 Å². The first-order valence-corrected chi connectivity index (χ1v) is 6.06. The maximum atomic E-state index is 13.7. The second-order valence-corrected chi connectivity index (χ2v) is 4.53. The molecule has 0 saturated carbocycles. The van der Waals surface area contributed by atoms with Gasteiger partial charge in [0.1, 0.15) is 6.04 Å². The highest BCUT2D eigenvalue weighted by molar-refractivity contribution is 6.30. The second kappa shape index (κ2) is 6.15. The van der Waals surface area contributed by atoms with Gasteiger partial charge in [0.25, 0.3) is 0 Å². The maximum absolute atomic E-state index is 13.7. The molecular weight excluding hydrogens is 321 g/mol. The third kappa shape index (κ3) is 4.04. The molecular formula is C12H11ClF5NO2. The van der Waals surface area contributed by atoms with Crippen LogP contribution in [-0.2, 0) is 15.7 Å². The van der Waals surface area contributed by atoms with Crippen LogP contribution in [0.2, 0.25) is 5.02 Å². The molecule has 0 amide bonds. The van der Waals surface area contributed by atoms with Gasteiger partial charge in [-0.15, -0.1) is 0 Å². The molecule has 3 nitrogen and oxygen atoms in total. The van der Waals surface area contributed by atoms with E-state index in [0.717, 1.165) is 6.07 Å². The predicted octanol–water partition coefficient (Wildman–Crippen LogP) is 3.56. The monoisotopic (exact) mass is 331 g/mol. The Bertz CT molecular complexity index is 533. The second-order valence-electron chi connectivity index (χ2n) is 4.09. The summed E-state index contributed by atoms with van der Waals surface area (Å²) in [5.74, 6) is -6.09. The first-order chi connectivity index (χ1) is 9.50. The van der Waals surface area contributed by atoms with Gasteiger partial charge in [-0.3, -0.25) is 0 Å². The van der Waals surface area contributed by atoms with Gasteiger partial charge in [0.05, 0.1) is 12.2 Å². The van der Waals surface area contributed by atoms with Crippen LogP contribution in [0, 0.1) is 0 Å². The summed E-state index contributed by atoms with van der Waals surface area (Å²) in [6.07, 6.45) is -4.78. The van der Waals surface area contributed by atoms with Gasteiger partial charge < -0.3 is 10.5 Å². The van der Waals surface area contributed by atoms with Crippen molar-refractivity contribution in [3.8, 4) is 0 Å². The molecule has 0 aliphatic heterocycles. The van der Waals surface area contributed by atoms with Crippen molar-refractivity contribution in [1.29, 1.82) is 0 Å². The maximum Gasteiger partial charge on any atom is 0.416 e. The topological polar surface area (TPSA) is 52.3 Å². The summed E-state index contributed by atoms with van der Waals surface area (Å²) in [6, 6.07) is -0.477. The van der Waals surface area contributed by atoms with E-state index in [1.807, 2.05) is 0 Å². The van der Waals surface area contributed by atoms with Crippen molar-refractivity contribution in [2.45, 2.75) is 25.1 Å². The molecule has 0 unspecified atom stereocenters. The molecule has 0 fully saturated rings. The quantitative estimate of drug-likeness (QED) is 0.678. The number of halogens is 6. The van der Waals surface area contributed by atoms with E-state index >= 15 is 0 Å². The fourth-order valence-corrected chi connectivity index (χ4v) is 1.76. The largest absolute Gasteiger partial charge is 0.462 e. The standard InChI is InChI=1S/C12H11ClF5NO2/c1-2-21-10(20)11(14,15)9(19)6-3-7(12(16,17)18)5-8(13)4-6/h3-5,9H,2,19H2,1H3/t9-/m0/s1. The van der Waals surface area contributed by atoms with Crippen LogP contribution in [0.4, 0.5) is 22.0 Å². The fourth-order valence-electron chi connectivity index (χ4n) is 1.52. The number of hydrogen-bond donors (Lipinski definition) is 1. The van der Waals surface area contributed by atoms with Crippen molar-refractivity contribution in [1.82, 2.24) is 0 Å². The van der Waals surface area contributed by atoms with Crippen LogP contribution in [-0.4, -0.2) is 18.5 Å². The molecule has 0 bridgehead atoms. The van der Waals surface area contributed by atoms with Crippen LogP contribution < -0.4 is 5.73 Å². The molecule has 0 radical (unpaired) electrons. The highest BCUT2D eigenvalue weighted by Gasteiger charge is 2.48. The lowest BCUT2D eigenvalue weighted by Gasteiger charge is -2.22. The first-order valence-electron chi connectivity index (χ1n) is 5.68. The van der Waals surface area contributed by atoms with Crippen molar-refractivity contribution < 1.29 is 31.5 Å². The average molecular weight is 332 g/mol. The number of rotatable bonds is 4. The summed E-state index contributed by atoms with van der Waals surface area (Å²) in [5.41, 5.74) is 3.35. The Morgan fingerprint density at radius 3 is 2.33 bits per heavy atom. The van der Waals surface area contributed by atoms with Gasteiger partial charge in [0, 0.05) is 5.02 Å². The van der Waals surface area contributed by atoms with E-state index < -0.39 is 40.3 Å². The Balaban J connectivity index is 3.21. The summed E-state index contributed by atoms with van der Waals surface area (Å²) in [7, 11) is 0. The van der Waals surface area contributed by atoms with Gasteiger partial charge in [-0.05, 0) is 30.7 Å². The number of esters is 1. The Labute approximate surface area is 121 Å². The molecule has 0 aliphatic rings. The van der Waals surface area contributed by atoms with Gasteiger partial charge in [0.15, 0.2) is 0 Å². The molecule has 2 N–H and O–H groups in total. The molecule has 0 heterocycles. The number of carbonyl (C=O) groups is 1. The first kappa shape index (κ1) is 17.6. The minimum Gasteiger partial charge on any atom is -0.462 e. The van der Waals surface area contributed by atoms with E-state index in [1.165, 1.54) is 6.92 Å². The summed E-state index contributed by atoms with van der Waals surface area (Å²) < 4.78 is 69.4. The van der Waals surface area contributed by atoms with E-state index in [-0.39, 0.29) is 6.61 Å². The lowest BCUT2D eigenvalue weighted by molar-refractivity contribution is -0.174. The SMILES string of the molecule is CCOC(=O)C(F)(F)[C@@H](N)c1cc(Cl)cc(C(F)(F)F)c1. The molecule has 1 atom stereocenters. The van der Waals surface area contributed by atoms with Crippen molar-refractivity contribution >= 4 is 17.6 Å². The summed E-state index contributed by atoms with van der Waals surface area (Å²) in [4.78, 5) is 11.1. The molecule has 1 aromatic carbocycles. The van der Waals surface area contributed by atoms with Gasteiger partial charge in [-0.25, -0.2) is 4.79 Å². The van der Waals surface area contributed by atoms with E-state index in [2.05, 4.69) is 4.74 Å². The minimum absolute atomic E-state index is 0.315. The Morgan fingerprint density at radius 1 is 1.29 bits per heavy atom. The Hall–Kier alpha value is -1.41. The van der Waals surface area contributed by atoms with Gasteiger partial charge in [0.2, 0.25) is 0 Å². The molecule has 0 saturated heterocycles. The Morgan fingerprint density at radius 2 is 1.86 bits per heavy atom. The van der Waals surface area contributed by atoms with Crippen LogP contribution >= 0.6 is 11.6 Å². The van der Waals surface area contributed by atoms with Crippen LogP contribution in [0.3, 0.4) is 0 Å². The highest BCUT2D eigenvalue weighted by Crippen LogP contribution is 2.36. The van der Waals surface area contributed by atoms with E-state index in [0.29, 0.717) is 12.1 Å². The van der Waals surface area contributed by atoms with Crippen LogP contribution in [0.25, 0.3) is 0 Å². The molecule has 1 rings (SSSR count). The molecule has 0 aromatic heterocycles. The lowest BCUT2D eigenvalue weighted by Crippen LogP contribution is -2.41. The summed E-state index contributed by atoms with van der Waals surface area (Å²) in [6.45, 7) is 0.991. The summed E-state index contributed by atoms with van der Waals surface area (Å²) >= 11 is 5.47. The van der Waals surface area contributed by atoms with E-state index in [9.17, 15) is 26.7 Å². The van der Waals surface area contributed by atoms with Crippen molar-refractivity contribution in [2.75, 3.05) is 6.61 Å². The van der Waals surface area contributed by atoms with Crippen LogP contribution in [0.1, 0.15) is 24.1 Å². The lowest BCUT2D eigenvalue weighted by atomic mass is 9.99. The molecule has 0 aliphatic carbocycles. The zero-order valence-electron chi connectivity index (χ0n) is 10.7. The number of alkyl halides is 5. The van der Waals surface area contributed by atoms with Crippen molar-refractivity contribution in [3.63, 3.8) is 0 Å². The molecule has 118 valence electrons. The van der Waals surface area contributed by atoms with Crippen LogP contribution in [0.15, 0.2) is 18.2 Å². The molecule has 0 spiro atoms. The number of ether oxygens (including phenoxy) is 1. The third-order valence-corrected chi connectivity index (χ3v) is 2.76. The number of nitrogens with two attached hydrogens (primary N) is 1. The smallest absolute Gasteiger partial charge is 0.416 e. The number of benzene rings is 1. The summed E-state index contributed by atoms with van der Waals surface area (Å²) in [5, 5.41) is -0.421. The number of carbonyl (C=O) groups excluding carboxylic acids is 1. The fraction of sp³-hybridized carbons (Fsp3) is 0.417. The van der Waals surface area contributed by atoms with Gasteiger partial charge in [-0.1, -0.05) is 11.6 Å². The van der Waals surface area contributed by atoms with E-state index in [1.54, 1.807) is 0 Å². The average Bonchev–Trinajstić information content (AvgIpc) is 2.36. The normalized spacial score (nSPS) is 13.9. The molecule has 1 aromatic rings. The zero-order valence-corrected chi connectivity index (χ0v) is 11.4. The Kier molecular flexibility index (Phi) is 5.16. The number of hydrogen-bond acceptors (Lipinski definition) is 3. The highest BCUT2D eigenvalue weighted by atomic mass is 35.5. The predicted molar refractivity (Wildman–Crippen MR) is 65.0 cm³/mol. The molecule has 21 heavy (non-hydrogen) atoms.